The van der Waals surface area contributed by atoms with Gasteiger partial charge >= 0.3 is 0 Å². The van der Waals surface area contributed by atoms with E-state index in [-0.39, 0.29) is 6.04 Å². The van der Waals surface area contributed by atoms with E-state index in [2.05, 4.69) is 24.0 Å². The van der Waals surface area contributed by atoms with Crippen molar-refractivity contribution in [3.05, 3.63) is 11.7 Å². The molecule has 0 amide bonds. The summed E-state index contributed by atoms with van der Waals surface area (Å²) in [5.41, 5.74) is 5.97. The molecule has 2 rings (SSSR count). The predicted octanol–water partition coefficient (Wildman–Crippen LogP) is 2.78. The van der Waals surface area contributed by atoms with Crippen LogP contribution < -0.4 is 5.73 Å². The van der Waals surface area contributed by atoms with Gasteiger partial charge in [-0.05, 0) is 6.42 Å². The molecule has 2 unspecified atom stereocenters. The summed E-state index contributed by atoms with van der Waals surface area (Å²) in [6, 6.07) is -0.113. The Balaban J connectivity index is 2.06. The van der Waals surface area contributed by atoms with Gasteiger partial charge in [-0.25, -0.2) is 0 Å². The predicted molar refractivity (Wildman–Crippen MR) is 73.3 cm³/mol. The van der Waals surface area contributed by atoms with Crippen molar-refractivity contribution in [2.24, 2.45) is 5.73 Å². The molecule has 3 atom stereocenters. The summed E-state index contributed by atoms with van der Waals surface area (Å²) in [7, 11) is 0. The highest BCUT2D eigenvalue weighted by Gasteiger charge is 2.29. The molecule has 1 fully saturated rings. The van der Waals surface area contributed by atoms with E-state index < -0.39 is 0 Å². The molecule has 1 aliphatic rings. The molecule has 6 heteroatoms. The SMILES string of the molecule is CCC[C@@H](N)c1nc(C2SCCSC2C)no1. The average molecular weight is 273 g/mol. The lowest BCUT2D eigenvalue weighted by atomic mass is 10.2. The van der Waals surface area contributed by atoms with Crippen LogP contribution in [-0.2, 0) is 0 Å². The normalized spacial score (nSPS) is 27.0. The van der Waals surface area contributed by atoms with Crippen molar-refractivity contribution in [3.63, 3.8) is 0 Å². The lowest BCUT2D eigenvalue weighted by molar-refractivity contribution is 0.344. The standard InChI is InChI=1S/C11H19N3OS2/c1-3-4-8(12)11-13-10(14-15-11)9-7(2)16-5-6-17-9/h7-9H,3-6,12H2,1-2H3/t7?,8-,9?/m1/s1. The van der Waals surface area contributed by atoms with Crippen LogP contribution in [0.5, 0.6) is 0 Å². The molecule has 1 saturated heterocycles. The fourth-order valence-corrected chi connectivity index (χ4v) is 4.54. The second kappa shape index (κ2) is 6.11. The lowest BCUT2D eigenvalue weighted by Crippen LogP contribution is -2.17. The van der Waals surface area contributed by atoms with Crippen molar-refractivity contribution in [1.29, 1.82) is 0 Å². The third-order valence-corrected chi connectivity index (χ3v) is 5.90. The van der Waals surface area contributed by atoms with Gasteiger partial charge in [0.15, 0.2) is 5.82 Å². The second-order valence-electron chi connectivity index (χ2n) is 4.25. The maximum Gasteiger partial charge on any atom is 0.243 e. The summed E-state index contributed by atoms with van der Waals surface area (Å²) >= 11 is 3.89. The topological polar surface area (TPSA) is 64.9 Å². The van der Waals surface area contributed by atoms with Crippen LogP contribution in [0.1, 0.15) is 49.7 Å². The molecule has 1 aliphatic heterocycles. The largest absolute Gasteiger partial charge is 0.338 e. The van der Waals surface area contributed by atoms with Crippen LogP contribution in [0.3, 0.4) is 0 Å². The number of hydrogen-bond donors (Lipinski definition) is 1. The number of thioether (sulfide) groups is 2. The first-order chi connectivity index (χ1) is 8.22. The Morgan fingerprint density at radius 2 is 2.24 bits per heavy atom. The molecule has 0 aromatic carbocycles. The van der Waals surface area contributed by atoms with Crippen molar-refractivity contribution in [1.82, 2.24) is 10.1 Å². The van der Waals surface area contributed by atoms with Gasteiger partial charge in [0.25, 0.3) is 0 Å². The Morgan fingerprint density at radius 1 is 1.47 bits per heavy atom. The number of nitrogens with two attached hydrogens (primary N) is 1. The highest BCUT2D eigenvalue weighted by molar-refractivity contribution is 8.06. The van der Waals surface area contributed by atoms with Gasteiger partial charge in [-0.2, -0.15) is 16.7 Å². The van der Waals surface area contributed by atoms with E-state index >= 15 is 0 Å². The molecule has 0 radical (unpaired) electrons. The van der Waals surface area contributed by atoms with Crippen LogP contribution in [0.2, 0.25) is 0 Å². The minimum Gasteiger partial charge on any atom is -0.338 e. The van der Waals surface area contributed by atoms with Crippen LogP contribution in [0, 0.1) is 0 Å². The zero-order valence-corrected chi connectivity index (χ0v) is 11.9. The molecule has 2 N–H and O–H groups in total. The Bertz CT molecular complexity index is 358. The van der Waals surface area contributed by atoms with E-state index in [4.69, 9.17) is 10.3 Å². The van der Waals surface area contributed by atoms with Crippen LogP contribution in [0.4, 0.5) is 0 Å². The summed E-state index contributed by atoms with van der Waals surface area (Å²) in [6.45, 7) is 4.33. The van der Waals surface area contributed by atoms with Crippen molar-refractivity contribution in [2.75, 3.05) is 11.5 Å². The first kappa shape index (κ1) is 13.2. The van der Waals surface area contributed by atoms with E-state index in [1.165, 1.54) is 5.75 Å². The van der Waals surface area contributed by atoms with Gasteiger partial charge in [0, 0.05) is 16.8 Å². The van der Waals surface area contributed by atoms with Crippen LogP contribution in [-0.4, -0.2) is 26.9 Å². The first-order valence-corrected chi connectivity index (χ1v) is 8.14. The fourth-order valence-electron chi connectivity index (χ4n) is 1.86. The van der Waals surface area contributed by atoms with Crippen LogP contribution in [0.25, 0.3) is 0 Å². The average Bonchev–Trinajstić information content (AvgIpc) is 2.79. The zero-order valence-electron chi connectivity index (χ0n) is 10.3. The fraction of sp³-hybridized carbons (Fsp3) is 0.818. The van der Waals surface area contributed by atoms with Gasteiger partial charge in [0.1, 0.15) is 0 Å². The number of hydrogen-bond acceptors (Lipinski definition) is 6. The van der Waals surface area contributed by atoms with E-state index in [1.807, 2.05) is 23.5 Å². The Labute approximate surface area is 110 Å². The number of rotatable bonds is 4. The molecule has 0 aliphatic carbocycles. The monoisotopic (exact) mass is 273 g/mol. The summed E-state index contributed by atoms with van der Waals surface area (Å²) < 4.78 is 5.27. The molecule has 4 nitrogen and oxygen atoms in total. The van der Waals surface area contributed by atoms with Crippen molar-refractivity contribution in [2.45, 2.75) is 43.2 Å². The van der Waals surface area contributed by atoms with Crippen molar-refractivity contribution in [3.8, 4) is 0 Å². The minimum atomic E-state index is -0.113. The van der Waals surface area contributed by atoms with E-state index in [0.29, 0.717) is 16.4 Å². The lowest BCUT2D eigenvalue weighted by Gasteiger charge is -2.24. The van der Waals surface area contributed by atoms with Gasteiger partial charge in [-0.15, -0.1) is 11.8 Å². The molecule has 2 heterocycles. The van der Waals surface area contributed by atoms with Gasteiger partial charge in [-0.1, -0.05) is 25.4 Å². The molecule has 1 aromatic rings. The third-order valence-electron chi connectivity index (χ3n) is 2.82. The van der Waals surface area contributed by atoms with Crippen molar-refractivity contribution >= 4 is 23.5 Å². The van der Waals surface area contributed by atoms with Gasteiger partial charge in [-0.3, -0.25) is 0 Å². The minimum absolute atomic E-state index is 0.113. The van der Waals surface area contributed by atoms with Crippen LogP contribution in [0.15, 0.2) is 4.52 Å². The molecule has 17 heavy (non-hydrogen) atoms. The Morgan fingerprint density at radius 3 is 2.94 bits per heavy atom. The molecule has 96 valence electrons. The molecule has 0 bridgehead atoms. The van der Waals surface area contributed by atoms with E-state index in [1.54, 1.807) is 0 Å². The quantitative estimate of drug-likeness (QED) is 0.910. The third kappa shape index (κ3) is 3.17. The summed E-state index contributed by atoms with van der Waals surface area (Å²) in [5, 5.41) is 4.98. The summed E-state index contributed by atoms with van der Waals surface area (Å²) in [5.74, 6) is 3.77. The highest BCUT2D eigenvalue weighted by Crippen LogP contribution is 2.41. The smallest absolute Gasteiger partial charge is 0.243 e. The van der Waals surface area contributed by atoms with Gasteiger partial charge in [0.05, 0.1) is 11.3 Å². The second-order valence-corrected chi connectivity index (χ2v) is 6.99. The van der Waals surface area contributed by atoms with E-state index in [0.717, 1.165) is 24.4 Å². The van der Waals surface area contributed by atoms with Crippen LogP contribution >= 0.6 is 23.5 Å². The molecular weight excluding hydrogens is 254 g/mol. The molecular formula is C11H19N3OS2. The Kier molecular flexibility index (Phi) is 4.76. The maximum absolute atomic E-state index is 5.97. The zero-order chi connectivity index (χ0) is 12.3. The first-order valence-electron chi connectivity index (χ1n) is 6.04. The van der Waals surface area contributed by atoms with E-state index in [9.17, 15) is 0 Å². The molecule has 1 aromatic heterocycles. The summed E-state index contributed by atoms with van der Waals surface area (Å²) in [6.07, 6.45) is 1.92. The van der Waals surface area contributed by atoms with Gasteiger partial charge < -0.3 is 10.3 Å². The highest BCUT2D eigenvalue weighted by atomic mass is 32.2. The number of aromatic nitrogens is 2. The molecule has 0 spiro atoms. The Hall–Kier alpha value is -0.200. The number of nitrogens with zero attached hydrogens (tertiary/aromatic N) is 2. The maximum atomic E-state index is 5.97. The molecule has 0 saturated carbocycles. The summed E-state index contributed by atoms with van der Waals surface area (Å²) in [4.78, 5) is 4.47. The van der Waals surface area contributed by atoms with Gasteiger partial charge in [0.2, 0.25) is 5.89 Å². The van der Waals surface area contributed by atoms with Crippen molar-refractivity contribution < 1.29 is 4.52 Å².